The lowest BCUT2D eigenvalue weighted by Crippen LogP contribution is -2.26. The van der Waals surface area contributed by atoms with Gasteiger partial charge in [-0.2, -0.15) is 0 Å². The van der Waals surface area contributed by atoms with E-state index in [0.29, 0.717) is 12.8 Å². The molecule has 0 radical (unpaired) electrons. The summed E-state index contributed by atoms with van der Waals surface area (Å²) in [6.45, 7) is 0. The number of anilines is 1. The molecule has 1 heterocycles. The lowest BCUT2D eigenvalue weighted by Gasteiger charge is -2.16. The molecule has 0 spiro atoms. The van der Waals surface area contributed by atoms with E-state index in [-0.39, 0.29) is 5.91 Å². The minimum Gasteiger partial charge on any atom is -0.315 e. The molecule has 0 bridgehead atoms. The second-order valence-corrected chi connectivity index (χ2v) is 4.49. The van der Waals surface area contributed by atoms with E-state index in [9.17, 15) is 4.79 Å². The van der Waals surface area contributed by atoms with Crippen LogP contribution in [0.3, 0.4) is 0 Å². The molecule has 2 rings (SSSR count). The zero-order valence-electron chi connectivity index (χ0n) is 9.67. The Morgan fingerprint density at radius 3 is 2.76 bits per heavy atom. The van der Waals surface area contributed by atoms with E-state index < -0.39 is 0 Å². The van der Waals surface area contributed by atoms with Crippen LogP contribution < -0.4 is 4.90 Å². The fourth-order valence-corrected chi connectivity index (χ4v) is 2.15. The van der Waals surface area contributed by atoms with Crippen LogP contribution in [0.5, 0.6) is 0 Å². The molecule has 0 aliphatic heterocycles. The van der Waals surface area contributed by atoms with E-state index in [1.165, 1.54) is 0 Å². The van der Waals surface area contributed by atoms with Crippen molar-refractivity contribution in [3.05, 3.63) is 46.9 Å². The summed E-state index contributed by atoms with van der Waals surface area (Å²) in [7, 11) is 1.80. The van der Waals surface area contributed by atoms with Crippen LogP contribution in [0.25, 0.3) is 0 Å². The molecule has 0 unspecified atom stereocenters. The Hall–Kier alpha value is -1.68. The number of benzene rings is 1. The normalized spacial score (nSPS) is 10.2. The summed E-state index contributed by atoms with van der Waals surface area (Å²) in [6.07, 6.45) is 1.20. The second kappa shape index (κ2) is 5.59. The summed E-state index contributed by atoms with van der Waals surface area (Å²) in [4.78, 5) is 17.8. The maximum atomic E-state index is 11.9. The molecule has 4 heteroatoms. The van der Waals surface area contributed by atoms with Crippen LogP contribution >= 0.6 is 11.3 Å². The number of hydrogen-bond donors (Lipinski definition) is 0. The largest absolute Gasteiger partial charge is 0.315 e. The summed E-state index contributed by atoms with van der Waals surface area (Å²) < 4.78 is 0. The fraction of sp³-hybridized carbons (Fsp3) is 0.231. The lowest BCUT2D eigenvalue weighted by atomic mass is 10.2. The molecular weight excluding hydrogens is 232 g/mol. The summed E-state index contributed by atoms with van der Waals surface area (Å²) in [5, 5.41) is 1.98. The number of para-hydroxylation sites is 1. The molecule has 0 saturated carbocycles. The molecule has 0 aliphatic carbocycles. The first-order chi connectivity index (χ1) is 8.27. The number of rotatable bonds is 4. The van der Waals surface area contributed by atoms with Gasteiger partial charge in [0.15, 0.2) is 0 Å². The number of hydrogen-bond acceptors (Lipinski definition) is 3. The molecule has 0 saturated heterocycles. The van der Waals surface area contributed by atoms with Crippen molar-refractivity contribution in [2.24, 2.45) is 0 Å². The van der Waals surface area contributed by atoms with Crippen LogP contribution in [0.15, 0.2) is 41.2 Å². The van der Waals surface area contributed by atoms with Crippen molar-refractivity contribution in [1.29, 1.82) is 0 Å². The van der Waals surface area contributed by atoms with Crippen molar-refractivity contribution >= 4 is 22.9 Å². The molecule has 0 fully saturated rings. The molecule has 3 nitrogen and oxygen atoms in total. The topological polar surface area (TPSA) is 33.2 Å². The highest BCUT2D eigenvalue weighted by molar-refractivity contribution is 7.07. The Kier molecular flexibility index (Phi) is 3.88. The third-order valence-electron chi connectivity index (χ3n) is 2.60. The van der Waals surface area contributed by atoms with Crippen LogP contribution in [-0.4, -0.2) is 17.9 Å². The highest BCUT2D eigenvalue weighted by atomic mass is 32.1. The Balaban J connectivity index is 1.92. The van der Waals surface area contributed by atoms with Crippen LogP contribution in [0.4, 0.5) is 5.69 Å². The number of aromatic nitrogens is 1. The average molecular weight is 246 g/mol. The molecule has 0 atom stereocenters. The Bertz CT molecular complexity index is 467. The predicted molar refractivity (Wildman–Crippen MR) is 70.3 cm³/mol. The molecule has 1 aromatic heterocycles. The smallest absolute Gasteiger partial charge is 0.227 e. The number of nitrogens with zero attached hydrogens (tertiary/aromatic N) is 2. The minimum absolute atomic E-state index is 0.115. The van der Waals surface area contributed by atoms with E-state index in [0.717, 1.165) is 11.4 Å². The van der Waals surface area contributed by atoms with E-state index in [4.69, 9.17) is 0 Å². The number of carbonyl (C=O) groups excluding carboxylic acids is 1. The summed E-state index contributed by atoms with van der Waals surface area (Å²) in [5.41, 5.74) is 3.71. The zero-order chi connectivity index (χ0) is 12.1. The van der Waals surface area contributed by atoms with Gasteiger partial charge in [0.1, 0.15) is 0 Å². The first kappa shape index (κ1) is 11.8. The van der Waals surface area contributed by atoms with Crippen molar-refractivity contribution < 1.29 is 4.79 Å². The number of amides is 1. The highest BCUT2D eigenvalue weighted by Gasteiger charge is 2.10. The van der Waals surface area contributed by atoms with Gasteiger partial charge >= 0.3 is 0 Å². The van der Waals surface area contributed by atoms with Gasteiger partial charge in [-0.3, -0.25) is 4.79 Å². The van der Waals surface area contributed by atoms with Crippen LogP contribution in [0.1, 0.15) is 12.1 Å². The highest BCUT2D eigenvalue weighted by Crippen LogP contribution is 2.13. The van der Waals surface area contributed by atoms with Crippen LogP contribution in [0.2, 0.25) is 0 Å². The quantitative estimate of drug-likeness (QED) is 0.831. The van der Waals surface area contributed by atoms with Gasteiger partial charge in [-0.1, -0.05) is 18.2 Å². The molecule has 17 heavy (non-hydrogen) atoms. The van der Waals surface area contributed by atoms with Crippen molar-refractivity contribution in [3.8, 4) is 0 Å². The Morgan fingerprint density at radius 1 is 1.35 bits per heavy atom. The van der Waals surface area contributed by atoms with Crippen LogP contribution in [-0.2, 0) is 11.2 Å². The Labute approximate surface area is 105 Å². The third kappa shape index (κ3) is 3.14. The standard InChI is InChI=1S/C13H14N2OS/c1-15(12-5-3-2-4-6-12)13(16)8-7-11-9-17-10-14-11/h2-6,9-10H,7-8H2,1H3. The first-order valence-electron chi connectivity index (χ1n) is 5.46. The number of thiazole rings is 1. The molecule has 0 N–H and O–H groups in total. The third-order valence-corrected chi connectivity index (χ3v) is 3.23. The Morgan fingerprint density at radius 2 is 2.12 bits per heavy atom. The van der Waals surface area contributed by atoms with Crippen molar-refractivity contribution in [2.75, 3.05) is 11.9 Å². The fourth-order valence-electron chi connectivity index (χ4n) is 1.56. The van der Waals surface area contributed by atoms with Gasteiger partial charge in [0.2, 0.25) is 5.91 Å². The maximum absolute atomic E-state index is 11.9. The summed E-state index contributed by atoms with van der Waals surface area (Å²) in [5.74, 6) is 0.115. The monoisotopic (exact) mass is 246 g/mol. The average Bonchev–Trinajstić information content (AvgIpc) is 2.89. The molecule has 1 aromatic carbocycles. The minimum atomic E-state index is 0.115. The molecule has 2 aromatic rings. The molecule has 88 valence electrons. The maximum Gasteiger partial charge on any atom is 0.227 e. The van der Waals surface area contributed by atoms with Gasteiger partial charge in [-0.15, -0.1) is 11.3 Å². The van der Waals surface area contributed by atoms with Crippen molar-refractivity contribution in [1.82, 2.24) is 4.98 Å². The van der Waals surface area contributed by atoms with Gasteiger partial charge in [0.05, 0.1) is 11.2 Å². The molecule has 0 aliphatic rings. The van der Waals surface area contributed by atoms with E-state index in [1.54, 1.807) is 28.8 Å². The second-order valence-electron chi connectivity index (χ2n) is 3.77. The van der Waals surface area contributed by atoms with Crippen molar-refractivity contribution in [2.45, 2.75) is 12.8 Å². The van der Waals surface area contributed by atoms with E-state index in [1.807, 2.05) is 35.7 Å². The van der Waals surface area contributed by atoms with Crippen LogP contribution in [0, 0.1) is 0 Å². The zero-order valence-corrected chi connectivity index (χ0v) is 10.5. The first-order valence-corrected chi connectivity index (χ1v) is 6.40. The lowest BCUT2D eigenvalue weighted by molar-refractivity contribution is -0.118. The van der Waals surface area contributed by atoms with Gasteiger partial charge in [-0.25, -0.2) is 4.98 Å². The van der Waals surface area contributed by atoms with E-state index >= 15 is 0 Å². The van der Waals surface area contributed by atoms with Gasteiger partial charge < -0.3 is 4.90 Å². The summed E-state index contributed by atoms with van der Waals surface area (Å²) >= 11 is 1.56. The SMILES string of the molecule is CN(C(=O)CCc1cscn1)c1ccccc1. The van der Waals surface area contributed by atoms with Gasteiger partial charge in [0, 0.05) is 24.5 Å². The molecular formula is C13H14N2OS. The van der Waals surface area contributed by atoms with Crippen molar-refractivity contribution in [3.63, 3.8) is 0 Å². The van der Waals surface area contributed by atoms with Gasteiger partial charge in [0.25, 0.3) is 0 Å². The number of aryl methyl sites for hydroxylation is 1. The predicted octanol–water partition coefficient (Wildman–Crippen LogP) is 2.74. The van der Waals surface area contributed by atoms with E-state index in [2.05, 4.69) is 4.98 Å². The number of carbonyl (C=O) groups is 1. The van der Waals surface area contributed by atoms with Gasteiger partial charge in [-0.05, 0) is 18.6 Å². The molecule has 1 amide bonds. The summed E-state index contributed by atoms with van der Waals surface area (Å²) in [6, 6.07) is 9.66.